The van der Waals surface area contributed by atoms with Gasteiger partial charge in [0.15, 0.2) is 11.4 Å². The van der Waals surface area contributed by atoms with Gasteiger partial charge in [0.2, 0.25) is 0 Å². The zero-order valence-corrected chi connectivity index (χ0v) is 15.1. The van der Waals surface area contributed by atoms with Gasteiger partial charge in [-0.3, -0.25) is 0 Å². The summed E-state index contributed by atoms with van der Waals surface area (Å²) in [5, 5.41) is 0. The predicted octanol–water partition coefficient (Wildman–Crippen LogP) is 4.99. The molecule has 2 aromatic rings. The summed E-state index contributed by atoms with van der Waals surface area (Å²) >= 11 is 2.19. The highest BCUT2D eigenvalue weighted by Gasteiger charge is 1.94. The molecule has 0 radical (unpaired) electrons. The molecule has 0 atom stereocenters. The topological polar surface area (TPSA) is 35.0 Å². The zero-order chi connectivity index (χ0) is 17.8. The second-order valence-corrected chi connectivity index (χ2v) is 5.47. The number of carbonyl (C=O) groups is 1. The number of rotatable bonds is 1. The van der Waals surface area contributed by atoms with Crippen molar-refractivity contribution in [2.24, 2.45) is 0 Å². The molecule has 2 rings (SSSR count). The van der Waals surface area contributed by atoms with Gasteiger partial charge in [-0.25, -0.2) is 14.5 Å². The van der Waals surface area contributed by atoms with Crippen molar-refractivity contribution in [3.05, 3.63) is 80.5 Å². The predicted molar refractivity (Wildman–Crippen MR) is 102 cm³/mol. The third-order valence-electron chi connectivity index (χ3n) is 2.50. The summed E-state index contributed by atoms with van der Waals surface area (Å²) in [6.45, 7) is 15.5. The fourth-order valence-corrected chi connectivity index (χ4v) is 2.02. The van der Waals surface area contributed by atoms with Gasteiger partial charge in [-0.15, -0.1) is 0 Å². The quantitative estimate of drug-likeness (QED) is 0.278. The highest BCUT2D eigenvalue weighted by atomic mass is 127. The van der Waals surface area contributed by atoms with Gasteiger partial charge in [0.1, 0.15) is 0 Å². The first-order valence-electron chi connectivity index (χ1n) is 6.88. The SMILES string of the molecule is [C-]#[N+]c1cccc(C#CC(=O)OCC)c1.[C-]#[N+]c1cccc(I)c1. The Morgan fingerprint density at radius 3 is 2.29 bits per heavy atom. The molecule has 0 aliphatic carbocycles. The average molecular weight is 428 g/mol. The smallest absolute Gasteiger partial charge is 0.384 e. The molecule has 0 heterocycles. The molecular weight excluding hydrogens is 415 g/mol. The lowest BCUT2D eigenvalue weighted by molar-refractivity contribution is -0.136. The number of benzene rings is 2. The van der Waals surface area contributed by atoms with Crippen molar-refractivity contribution in [3.8, 4) is 11.8 Å². The van der Waals surface area contributed by atoms with Crippen LogP contribution in [-0.4, -0.2) is 12.6 Å². The van der Waals surface area contributed by atoms with Crippen LogP contribution in [0.5, 0.6) is 0 Å². The summed E-state index contributed by atoms with van der Waals surface area (Å²) in [7, 11) is 0. The standard InChI is InChI=1S/C12H9NO2.C7H4IN/c1-3-15-12(14)8-7-10-5-4-6-11(9-10)13-2;1-9-7-4-2-3-6(8)5-7/h4-6,9H,3H2,1H3;2-5H. The number of hydrogen-bond acceptors (Lipinski definition) is 2. The number of esters is 1. The minimum atomic E-state index is -0.550. The van der Waals surface area contributed by atoms with Gasteiger partial charge >= 0.3 is 5.97 Å². The maximum absolute atomic E-state index is 10.9. The van der Waals surface area contributed by atoms with Crippen molar-refractivity contribution in [1.82, 2.24) is 0 Å². The van der Waals surface area contributed by atoms with E-state index in [0.717, 1.165) is 3.57 Å². The molecule has 0 N–H and O–H groups in total. The van der Waals surface area contributed by atoms with E-state index < -0.39 is 5.97 Å². The summed E-state index contributed by atoms with van der Waals surface area (Å²) in [5.74, 6) is 4.42. The number of hydrogen-bond donors (Lipinski definition) is 0. The molecule has 0 saturated carbocycles. The summed E-state index contributed by atoms with van der Waals surface area (Å²) in [6, 6.07) is 14.3. The van der Waals surface area contributed by atoms with Crippen LogP contribution in [0.4, 0.5) is 11.4 Å². The molecular formula is C19H13IN2O2. The Morgan fingerprint density at radius 2 is 1.75 bits per heavy atom. The van der Waals surface area contributed by atoms with Gasteiger partial charge < -0.3 is 4.74 Å². The second-order valence-electron chi connectivity index (χ2n) is 4.22. The fraction of sp³-hybridized carbons (Fsp3) is 0.105. The molecule has 4 nitrogen and oxygen atoms in total. The van der Waals surface area contributed by atoms with Crippen LogP contribution in [0.15, 0.2) is 48.5 Å². The van der Waals surface area contributed by atoms with Crippen molar-refractivity contribution in [2.75, 3.05) is 6.61 Å². The highest BCUT2D eigenvalue weighted by molar-refractivity contribution is 14.1. The lowest BCUT2D eigenvalue weighted by atomic mass is 10.2. The summed E-state index contributed by atoms with van der Waals surface area (Å²) in [5.41, 5.74) is 1.85. The fourth-order valence-electron chi connectivity index (χ4n) is 1.49. The molecule has 24 heavy (non-hydrogen) atoms. The maximum atomic E-state index is 10.9. The second kappa shape index (κ2) is 10.8. The number of nitrogens with zero attached hydrogens (tertiary/aromatic N) is 2. The maximum Gasteiger partial charge on any atom is 0.384 e. The van der Waals surface area contributed by atoms with Crippen LogP contribution < -0.4 is 0 Å². The van der Waals surface area contributed by atoms with Crippen molar-refractivity contribution in [1.29, 1.82) is 0 Å². The largest absolute Gasteiger partial charge is 0.456 e. The molecule has 0 aliphatic heterocycles. The molecule has 0 unspecified atom stereocenters. The number of ether oxygens (including phenoxy) is 1. The Labute approximate surface area is 155 Å². The Kier molecular flexibility index (Phi) is 8.68. The molecule has 0 fully saturated rings. The first-order chi connectivity index (χ1) is 11.6. The molecule has 0 bridgehead atoms. The summed E-state index contributed by atoms with van der Waals surface area (Å²) in [6.07, 6.45) is 0. The van der Waals surface area contributed by atoms with E-state index in [1.807, 2.05) is 18.2 Å². The van der Waals surface area contributed by atoms with E-state index in [1.165, 1.54) is 0 Å². The van der Waals surface area contributed by atoms with Gasteiger partial charge in [0.25, 0.3) is 0 Å². The Hall–Kier alpha value is -2.82. The molecule has 2 aromatic carbocycles. The molecule has 0 aliphatic rings. The molecule has 0 saturated heterocycles. The van der Waals surface area contributed by atoms with Gasteiger partial charge in [-0.05, 0) is 47.7 Å². The van der Waals surface area contributed by atoms with Crippen LogP contribution in [0, 0.1) is 28.6 Å². The molecule has 118 valence electrons. The van der Waals surface area contributed by atoms with Crippen LogP contribution in [-0.2, 0) is 9.53 Å². The van der Waals surface area contributed by atoms with Gasteiger partial charge in [0.05, 0.1) is 19.8 Å². The van der Waals surface area contributed by atoms with Gasteiger partial charge in [-0.2, -0.15) is 0 Å². The number of halogens is 1. The molecule has 0 aromatic heterocycles. The minimum absolute atomic E-state index is 0.315. The highest BCUT2D eigenvalue weighted by Crippen LogP contribution is 2.14. The normalized spacial score (nSPS) is 8.33. The van der Waals surface area contributed by atoms with E-state index in [0.29, 0.717) is 23.5 Å². The average Bonchev–Trinajstić information content (AvgIpc) is 2.61. The van der Waals surface area contributed by atoms with Crippen molar-refractivity contribution >= 4 is 39.9 Å². The van der Waals surface area contributed by atoms with Crippen molar-refractivity contribution < 1.29 is 9.53 Å². The lowest BCUT2D eigenvalue weighted by Gasteiger charge is -1.92. The zero-order valence-electron chi connectivity index (χ0n) is 12.9. The Bertz CT molecular complexity index is 852. The van der Waals surface area contributed by atoms with E-state index in [1.54, 1.807) is 37.3 Å². The van der Waals surface area contributed by atoms with Crippen molar-refractivity contribution in [2.45, 2.75) is 6.92 Å². The first kappa shape index (κ1) is 19.2. The van der Waals surface area contributed by atoms with Gasteiger partial charge in [0, 0.05) is 15.1 Å². The van der Waals surface area contributed by atoms with Crippen molar-refractivity contribution in [3.63, 3.8) is 0 Å². The Morgan fingerprint density at radius 1 is 1.12 bits per heavy atom. The molecule has 0 spiro atoms. The lowest BCUT2D eigenvalue weighted by Crippen LogP contribution is -1.99. The van der Waals surface area contributed by atoms with E-state index >= 15 is 0 Å². The van der Waals surface area contributed by atoms with Crippen LogP contribution in [0.1, 0.15) is 12.5 Å². The summed E-state index contributed by atoms with van der Waals surface area (Å²) < 4.78 is 5.76. The van der Waals surface area contributed by atoms with Crippen LogP contribution in [0.2, 0.25) is 0 Å². The monoisotopic (exact) mass is 428 g/mol. The van der Waals surface area contributed by atoms with Crippen LogP contribution in [0.25, 0.3) is 9.69 Å². The third-order valence-corrected chi connectivity index (χ3v) is 3.17. The van der Waals surface area contributed by atoms with E-state index in [-0.39, 0.29) is 0 Å². The summed E-state index contributed by atoms with van der Waals surface area (Å²) in [4.78, 5) is 17.5. The molecule has 0 amide bonds. The van der Waals surface area contributed by atoms with E-state index in [2.05, 4.69) is 48.9 Å². The minimum Gasteiger partial charge on any atom is -0.456 e. The van der Waals surface area contributed by atoms with E-state index in [9.17, 15) is 4.79 Å². The van der Waals surface area contributed by atoms with Crippen LogP contribution >= 0.6 is 22.6 Å². The van der Waals surface area contributed by atoms with Gasteiger partial charge in [-0.1, -0.05) is 36.3 Å². The molecule has 5 heteroatoms. The van der Waals surface area contributed by atoms with Crippen LogP contribution in [0.3, 0.4) is 0 Å². The Balaban J connectivity index is 0.000000272. The van der Waals surface area contributed by atoms with E-state index in [4.69, 9.17) is 13.1 Å². The first-order valence-corrected chi connectivity index (χ1v) is 7.96. The third kappa shape index (κ3) is 7.45. The number of carbonyl (C=O) groups excluding carboxylic acids is 1.